The monoisotopic (exact) mass is 411 g/mol. The highest BCUT2D eigenvalue weighted by molar-refractivity contribution is 5.78. The number of aromatic amines is 1. The van der Waals surface area contributed by atoms with Crippen molar-refractivity contribution >= 4 is 17.4 Å². The van der Waals surface area contributed by atoms with Crippen molar-refractivity contribution in [2.24, 2.45) is 0 Å². The van der Waals surface area contributed by atoms with Crippen LogP contribution < -0.4 is 5.32 Å². The van der Waals surface area contributed by atoms with E-state index in [0.29, 0.717) is 17.9 Å². The summed E-state index contributed by atoms with van der Waals surface area (Å²) in [5, 5.41) is 9.70. The van der Waals surface area contributed by atoms with Crippen LogP contribution in [-0.2, 0) is 11.2 Å². The number of nitrogens with one attached hydrogen (secondary N) is 2. The second-order valence-corrected chi connectivity index (χ2v) is 6.86. The van der Waals surface area contributed by atoms with Crippen LogP contribution >= 0.6 is 0 Å². The number of alkyl halides is 2. The Labute approximate surface area is 170 Å². The zero-order valence-electron chi connectivity index (χ0n) is 15.9. The van der Waals surface area contributed by atoms with Crippen molar-refractivity contribution in [2.75, 3.05) is 6.54 Å². The molecule has 0 aliphatic heterocycles. The van der Waals surface area contributed by atoms with Gasteiger partial charge in [0, 0.05) is 37.2 Å². The van der Waals surface area contributed by atoms with E-state index in [2.05, 4.69) is 30.5 Å². The standard InChI is InChI=1S/C20H19F2N7O/c21-20(22,6-7-23-13-30)5-3-14-9-15-4-8-29(19(15)25-10-14)16-1-2-17(24-11-16)18-26-12-27-28-18/h1-2,4,8-13H,3,5-7H2,(H,23,30)(H,26,27,28). The number of hydrogen-bond acceptors (Lipinski definition) is 5. The van der Waals surface area contributed by atoms with E-state index in [1.807, 2.05) is 35.0 Å². The Kier molecular flexibility index (Phi) is 5.46. The molecule has 0 saturated carbocycles. The number of halogens is 2. The Bertz CT molecular complexity index is 1120. The summed E-state index contributed by atoms with van der Waals surface area (Å²) < 4.78 is 29.7. The van der Waals surface area contributed by atoms with Gasteiger partial charge < -0.3 is 5.32 Å². The highest BCUT2D eigenvalue weighted by Gasteiger charge is 2.27. The van der Waals surface area contributed by atoms with Crippen molar-refractivity contribution in [3.05, 3.63) is 54.7 Å². The summed E-state index contributed by atoms with van der Waals surface area (Å²) in [6.07, 6.45) is 6.57. The van der Waals surface area contributed by atoms with Crippen molar-refractivity contribution in [3.8, 4) is 17.2 Å². The number of carbonyl (C=O) groups is 1. The van der Waals surface area contributed by atoms with Gasteiger partial charge in [0.15, 0.2) is 5.82 Å². The molecule has 0 saturated heterocycles. The van der Waals surface area contributed by atoms with E-state index in [4.69, 9.17) is 0 Å². The van der Waals surface area contributed by atoms with E-state index >= 15 is 0 Å². The molecule has 8 nitrogen and oxygen atoms in total. The molecule has 0 aliphatic rings. The molecule has 1 amide bonds. The number of amides is 1. The average Bonchev–Trinajstić information content (AvgIpc) is 3.42. The summed E-state index contributed by atoms with van der Waals surface area (Å²) in [7, 11) is 0. The third-order valence-electron chi connectivity index (χ3n) is 4.76. The average molecular weight is 411 g/mol. The fraction of sp³-hybridized carbons (Fsp3) is 0.250. The van der Waals surface area contributed by atoms with Gasteiger partial charge in [-0.2, -0.15) is 5.10 Å². The number of carbonyl (C=O) groups excluding carboxylic acids is 1. The number of H-pyrrole nitrogens is 1. The van der Waals surface area contributed by atoms with Crippen LogP contribution in [0.3, 0.4) is 0 Å². The van der Waals surface area contributed by atoms with Gasteiger partial charge in [0.2, 0.25) is 12.3 Å². The molecule has 4 heterocycles. The molecular formula is C20H19F2N7O. The second-order valence-electron chi connectivity index (χ2n) is 6.86. The summed E-state index contributed by atoms with van der Waals surface area (Å²) in [5.74, 6) is -2.26. The van der Waals surface area contributed by atoms with E-state index in [9.17, 15) is 13.6 Å². The van der Waals surface area contributed by atoms with E-state index in [1.165, 1.54) is 6.33 Å². The molecule has 4 aromatic heterocycles. The third-order valence-corrected chi connectivity index (χ3v) is 4.76. The third kappa shape index (κ3) is 4.32. The highest BCUT2D eigenvalue weighted by atomic mass is 19.3. The number of rotatable bonds is 9. The van der Waals surface area contributed by atoms with E-state index in [0.717, 1.165) is 22.3 Å². The number of hydrogen-bond donors (Lipinski definition) is 2. The van der Waals surface area contributed by atoms with Crippen LogP contribution in [-0.4, -0.2) is 48.6 Å². The molecule has 0 aliphatic carbocycles. The Balaban J connectivity index is 1.48. The lowest BCUT2D eigenvalue weighted by Gasteiger charge is -2.15. The van der Waals surface area contributed by atoms with Crippen LogP contribution in [0.1, 0.15) is 18.4 Å². The molecule has 0 bridgehead atoms. The van der Waals surface area contributed by atoms with Gasteiger partial charge in [-0.1, -0.05) is 0 Å². The lowest BCUT2D eigenvalue weighted by Crippen LogP contribution is -2.24. The predicted molar refractivity (Wildman–Crippen MR) is 106 cm³/mol. The molecule has 10 heteroatoms. The molecule has 0 spiro atoms. The molecule has 0 aromatic carbocycles. The van der Waals surface area contributed by atoms with E-state index in [1.54, 1.807) is 12.4 Å². The van der Waals surface area contributed by atoms with Crippen molar-refractivity contribution < 1.29 is 13.6 Å². The SMILES string of the molecule is O=CNCCC(F)(F)CCc1cnc2c(ccn2-c2ccc(-c3ncn[nH]3)nc2)c1. The Morgan fingerprint density at radius 3 is 2.77 bits per heavy atom. The molecule has 0 atom stereocenters. The Morgan fingerprint density at radius 1 is 1.13 bits per heavy atom. The van der Waals surface area contributed by atoms with Gasteiger partial charge in [-0.05, 0) is 36.2 Å². The Hall–Kier alpha value is -3.69. The zero-order valence-corrected chi connectivity index (χ0v) is 15.9. The fourth-order valence-electron chi connectivity index (χ4n) is 3.18. The summed E-state index contributed by atoms with van der Waals surface area (Å²) in [5.41, 5.74) is 2.95. The van der Waals surface area contributed by atoms with Crippen molar-refractivity contribution in [1.29, 1.82) is 0 Å². The maximum Gasteiger partial charge on any atom is 0.250 e. The largest absolute Gasteiger partial charge is 0.358 e. The minimum atomic E-state index is -2.84. The molecule has 0 unspecified atom stereocenters. The number of aryl methyl sites for hydroxylation is 1. The van der Waals surface area contributed by atoms with Crippen molar-refractivity contribution in [3.63, 3.8) is 0 Å². The molecule has 30 heavy (non-hydrogen) atoms. The summed E-state index contributed by atoms with van der Waals surface area (Å²) in [6.45, 7) is -0.0418. The minimum Gasteiger partial charge on any atom is -0.358 e. The molecule has 0 fully saturated rings. The molecule has 4 aromatic rings. The van der Waals surface area contributed by atoms with E-state index < -0.39 is 5.92 Å². The maximum atomic E-state index is 13.9. The first-order chi connectivity index (χ1) is 14.6. The first kappa shape index (κ1) is 19.6. The number of nitrogens with zero attached hydrogens (tertiary/aromatic N) is 5. The molecule has 0 radical (unpaired) electrons. The van der Waals surface area contributed by atoms with Crippen molar-refractivity contribution in [1.82, 2.24) is 35.0 Å². The normalized spacial score (nSPS) is 11.7. The quantitative estimate of drug-likeness (QED) is 0.326. The van der Waals surface area contributed by atoms with Crippen LogP contribution in [0.2, 0.25) is 0 Å². The second kappa shape index (κ2) is 8.36. The van der Waals surface area contributed by atoms with Gasteiger partial charge in [0.05, 0.1) is 11.9 Å². The minimum absolute atomic E-state index is 0.0418. The lowest BCUT2D eigenvalue weighted by atomic mass is 10.0. The smallest absolute Gasteiger partial charge is 0.250 e. The van der Waals surface area contributed by atoms with Gasteiger partial charge in [-0.3, -0.25) is 19.4 Å². The van der Waals surface area contributed by atoms with Crippen LogP contribution in [0.4, 0.5) is 8.78 Å². The topological polar surface area (TPSA) is 101 Å². The summed E-state index contributed by atoms with van der Waals surface area (Å²) in [6, 6.07) is 7.49. The van der Waals surface area contributed by atoms with E-state index in [-0.39, 0.29) is 25.8 Å². The fourth-order valence-corrected chi connectivity index (χ4v) is 3.18. The van der Waals surface area contributed by atoms with Gasteiger partial charge in [0.25, 0.3) is 0 Å². The number of aromatic nitrogens is 6. The predicted octanol–water partition coefficient (Wildman–Crippen LogP) is 2.91. The van der Waals surface area contributed by atoms with Crippen LogP contribution in [0.5, 0.6) is 0 Å². The van der Waals surface area contributed by atoms with Crippen LogP contribution in [0, 0.1) is 0 Å². The molecule has 154 valence electrons. The van der Waals surface area contributed by atoms with Gasteiger partial charge in [0.1, 0.15) is 17.7 Å². The van der Waals surface area contributed by atoms with Gasteiger partial charge >= 0.3 is 0 Å². The molecule has 2 N–H and O–H groups in total. The Morgan fingerprint density at radius 2 is 2.03 bits per heavy atom. The van der Waals surface area contributed by atoms with Crippen LogP contribution in [0.15, 0.2) is 49.2 Å². The summed E-state index contributed by atoms with van der Waals surface area (Å²) >= 11 is 0. The molecular weight excluding hydrogens is 392 g/mol. The van der Waals surface area contributed by atoms with Gasteiger partial charge in [-0.15, -0.1) is 0 Å². The van der Waals surface area contributed by atoms with Crippen LogP contribution in [0.25, 0.3) is 28.2 Å². The first-order valence-electron chi connectivity index (χ1n) is 9.39. The number of fused-ring (bicyclic) bond motifs is 1. The lowest BCUT2D eigenvalue weighted by molar-refractivity contribution is -0.109. The molecule has 4 rings (SSSR count). The van der Waals surface area contributed by atoms with Crippen molar-refractivity contribution in [2.45, 2.75) is 25.2 Å². The van der Waals surface area contributed by atoms with Gasteiger partial charge in [-0.25, -0.2) is 18.7 Å². The maximum absolute atomic E-state index is 13.9. The zero-order chi connectivity index (χ0) is 21.0. The summed E-state index contributed by atoms with van der Waals surface area (Å²) in [4.78, 5) is 23.1. The first-order valence-corrected chi connectivity index (χ1v) is 9.39. The number of pyridine rings is 2. The highest BCUT2D eigenvalue weighted by Crippen LogP contribution is 2.26.